The molecular formula is C25H35N7O4. The highest BCUT2D eigenvalue weighted by atomic mass is 16.6. The van der Waals surface area contributed by atoms with Crippen LogP contribution >= 0.6 is 0 Å². The number of nitrogens with two attached hydrogens (primary N) is 1. The normalized spacial score (nSPS) is 14.9. The van der Waals surface area contributed by atoms with Crippen LogP contribution in [0, 0.1) is 17.2 Å². The van der Waals surface area contributed by atoms with Gasteiger partial charge in [-0.1, -0.05) is 26.0 Å². The molecule has 3 rings (SSSR count). The lowest BCUT2D eigenvalue weighted by Gasteiger charge is -2.36. The summed E-state index contributed by atoms with van der Waals surface area (Å²) in [5, 5.41) is 17.4. The Balaban J connectivity index is 1.74. The number of benzene rings is 1. The van der Waals surface area contributed by atoms with Crippen LogP contribution in [0.5, 0.6) is 0 Å². The lowest BCUT2D eigenvalue weighted by Crippen LogP contribution is -2.50. The molecule has 1 fully saturated rings. The highest BCUT2D eigenvalue weighted by Crippen LogP contribution is 2.31. The molecule has 0 spiro atoms. The Bertz CT molecular complexity index is 1080. The molecule has 11 nitrogen and oxygen atoms in total. The molecule has 1 aliphatic heterocycles. The summed E-state index contributed by atoms with van der Waals surface area (Å²) in [4.78, 5) is 30.0. The van der Waals surface area contributed by atoms with Crippen molar-refractivity contribution in [3.63, 3.8) is 0 Å². The fourth-order valence-corrected chi connectivity index (χ4v) is 4.11. The van der Waals surface area contributed by atoms with Gasteiger partial charge >= 0.3 is 6.09 Å². The molecule has 194 valence electrons. The monoisotopic (exact) mass is 497 g/mol. The molecular weight excluding hydrogens is 462 g/mol. The molecule has 1 aromatic heterocycles. The zero-order chi connectivity index (χ0) is 26.5. The number of carbonyl (C=O) groups is 2. The van der Waals surface area contributed by atoms with E-state index in [0.717, 1.165) is 11.3 Å². The van der Waals surface area contributed by atoms with Gasteiger partial charge in [-0.2, -0.15) is 5.26 Å². The minimum atomic E-state index is -0.712. The van der Waals surface area contributed by atoms with E-state index in [1.807, 2.05) is 58.9 Å². The maximum Gasteiger partial charge on any atom is 0.410 e. The molecule has 2 aromatic rings. The Labute approximate surface area is 211 Å². The van der Waals surface area contributed by atoms with Crippen LogP contribution < -0.4 is 15.5 Å². The van der Waals surface area contributed by atoms with Gasteiger partial charge in [0.1, 0.15) is 18.2 Å². The quantitative estimate of drug-likeness (QED) is 0.544. The van der Waals surface area contributed by atoms with Crippen molar-refractivity contribution in [3.05, 3.63) is 24.3 Å². The second-order valence-electron chi connectivity index (χ2n) is 10.3. The van der Waals surface area contributed by atoms with Gasteiger partial charge in [-0.15, -0.1) is 0 Å². The summed E-state index contributed by atoms with van der Waals surface area (Å²) < 4.78 is 10.5. The number of rotatable bonds is 8. The standard InChI is InChI=1S/C25H35N7O4/c1-17(2)16-20(22(27)33)32(11-10-26)23-21(28-36-29-23)18-6-8-19(9-7-18)30-12-14-31(15-13-30)24(34)35-25(3,4)5/h6-9,17,20H,11-16H2,1-5H3,(H2,27,33). The zero-order valence-electron chi connectivity index (χ0n) is 21.6. The average molecular weight is 498 g/mol. The first-order valence-corrected chi connectivity index (χ1v) is 12.1. The summed E-state index contributed by atoms with van der Waals surface area (Å²) in [5.41, 5.74) is 7.32. The van der Waals surface area contributed by atoms with Crippen LogP contribution in [0.15, 0.2) is 28.9 Å². The van der Waals surface area contributed by atoms with Crippen LogP contribution in [0.4, 0.5) is 16.3 Å². The first-order valence-electron chi connectivity index (χ1n) is 12.1. The Morgan fingerprint density at radius 3 is 2.33 bits per heavy atom. The number of hydrogen-bond donors (Lipinski definition) is 1. The van der Waals surface area contributed by atoms with Crippen molar-refractivity contribution in [2.24, 2.45) is 11.7 Å². The second-order valence-corrected chi connectivity index (χ2v) is 10.3. The topological polar surface area (TPSA) is 142 Å². The van der Waals surface area contributed by atoms with E-state index in [1.54, 1.807) is 9.80 Å². The number of piperazine rings is 1. The fraction of sp³-hybridized carbons (Fsp3) is 0.560. The summed E-state index contributed by atoms with van der Waals surface area (Å²) in [6.45, 7) is 12.0. The van der Waals surface area contributed by atoms with Crippen molar-refractivity contribution in [3.8, 4) is 17.3 Å². The SMILES string of the molecule is CC(C)CC(C(N)=O)N(CC#N)c1nonc1-c1ccc(N2CCN(C(=O)OC(C)(C)C)CC2)cc1. The number of hydrogen-bond acceptors (Lipinski definition) is 9. The van der Waals surface area contributed by atoms with Crippen LogP contribution in [0.25, 0.3) is 11.3 Å². The number of aromatic nitrogens is 2. The van der Waals surface area contributed by atoms with Crippen LogP contribution in [0.2, 0.25) is 0 Å². The van der Waals surface area contributed by atoms with Crippen LogP contribution in [-0.2, 0) is 9.53 Å². The van der Waals surface area contributed by atoms with Crippen molar-refractivity contribution in [2.75, 3.05) is 42.5 Å². The minimum absolute atomic E-state index is 0.0818. The number of primary amides is 1. The van der Waals surface area contributed by atoms with E-state index >= 15 is 0 Å². The highest BCUT2D eigenvalue weighted by Gasteiger charge is 2.31. The van der Waals surface area contributed by atoms with E-state index in [2.05, 4.69) is 21.3 Å². The van der Waals surface area contributed by atoms with E-state index in [1.165, 1.54) is 0 Å². The third-order valence-corrected chi connectivity index (χ3v) is 5.82. The van der Waals surface area contributed by atoms with Gasteiger partial charge in [0.25, 0.3) is 0 Å². The third-order valence-electron chi connectivity index (χ3n) is 5.82. The lowest BCUT2D eigenvalue weighted by atomic mass is 10.0. The van der Waals surface area contributed by atoms with Gasteiger partial charge < -0.3 is 25.2 Å². The Morgan fingerprint density at radius 2 is 1.81 bits per heavy atom. The highest BCUT2D eigenvalue weighted by molar-refractivity contribution is 5.85. The number of carbonyl (C=O) groups excluding carboxylic acids is 2. The smallest absolute Gasteiger partial charge is 0.410 e. The van der Waals surface area contributed by atoms with E-state index in [-0.39, 0.29) is 18.6 Å². The Morgan fingerprint density at radius 1 is 1.17 bits per heavy atom. The molecule has 0 saturated carbocycles. The molecule has 2 amide bonds. The Hall–Kier alpha value is -3.81. The maximum absolute atomic E-state index is 12.3. The zero-order valence-corrected chi connectivity index (χ0v) is 21.6. The molecule has 0 aliphatic carbocycles. The van der Waals surface area contributed by atoms with Crippen LogP contribution in [-0.4, -0.2) is 71.6 Å². The van der Waals surface area contributed by atoms with E-state index in [4.69, 9.17) is 15.1 Å². The molecule has 1 unspecified atom stereocenters. The second kappa shape index (κ2) is 11.3. The van der Waals surface area contributed by atoms with Gasteiger partial charge in [0.05, 0.1) is 6.07 Å². The predicted octanol–water partition coefficient (Wildman–Crippen LogP) is 3.02. The Kier molecular flexibility index (Phi) is 8.40. The average Bonchev–Trinajstić information content (AvgIpc) is 3.30. The predicted molar refractivity (Wildman–Crippen MR) is 135 cm³/mol. The number of nitrogens with zero attached hydrogens (tertiary/aromatic N) is 6. The molecule has 36 heavy (non-hydrogen) atoms. The van der Waals surface area contributed by atoms with Crippen molar-refractivity contribution in [1.82, 2.24) is 15.2 Å². The molecule has 1 aliphatic rings. The van der Waals surface area contributed by atoms with Gasteiger partial charge in [0.2, 0.25) is 11.7 Å². The summed E-state index contributed by atoms with van der Waals surface area (Å²) in [6, 6.07) is 9.09. The van der Waals surface area contributed by atoms with Crippen molar-refractivity contribution < 1.29 is 19.0 Å². The molecule has 2 heterocycles. The van der Waals surface area contributed by atoms with Crippen molar-refractivity contribution in [2.45, 2.75) is 52.7 Å². The van der Waals surface area contributed by atoms with E-state index < -0.39 is 17.6 Å². The van der Waals surface area contributed by atoms with Gasteiger partial charge in [-0.25, -0.2) is 9.42 Å². The molecule has 0 radical (unpaired) electrons. The van der Waals surface area contributed by atoms with Gasteiger partial charge in [-0.3, -0.25) is 4.79 Å². The number of nitriles is 1. The van der Waals surface area contributed by atoms with E-state index in [0.29, 0.717) is 44.1 Å². The lowest BCUT2D eigenvalue weighted by molar-refractivity contribution is -0.119. The molecule has 0 bridgehead atoms. The van der Waals surface area contributed by atoms with Crippen molar-refractivity contribution >= 4 is 23.5 Å². The number of anilines is 2. The molecule has 2 N–H and O–H groups in total. The van der Waals surface area contributed by atoms with Gasteiger partial charge in [0, 0.05) is 37.4 Å². The summed E-state index contributed by atoms with van der Waals surface area (Å²) >= 11 is 0. The number of ether oxygens (including phenoxy) is 1. The largest absolute Gasteiger partial charge is 0.444 e. The van der Waals surface area contributed by atoms with Crippen molar-refractivity contribution in [1.29, 1.82) is 5.26 Å². The number of amides is 2. The minimum Gasteiger partial charge on any atom is -0.444 e. The third kappa shape index (κ3) is 6.65. The van der Waals surface area contributed by atoms with Crippen LogP contribution in [0.3, 0.4) is 0 Å². The van der Waals surface area contributed by atoms with Gasteiger partial charge in [0.15, 0.2) is 5.69 Å². The summed E-state index contributed by atoms with van der Waals surface area (Å²) in [5.74, 6) is -0.0458. The first kappa shape index (κ1) is 26.8. The summed E-state index contributed by atoms with van der Waals surface area (Å²) in [7, 11) is 0. The molecule has 11 heteroatoms. The molecule has 1 aromatic carbocycles. The summed E-state index contributed by atoms with van der Waals surface area (Å²) in [6.07, 6.45) is 0.176. The fourth-order valence-electron chi connectivity index (χ4n) is 4.11. The van der Waals surface area contributed by atoms with Crippen LogP contribution in [0.1, 0.15) is 41.0 Å². The maximum atomic E-state index is 12.3. The first-order chi connectivity index (χ1) is 17.0. The van der Waals surface area contributed by atoms with Gasteiger partial charge in [-0.05, 0) is 55.6 Å². The molecule has 1 saturated heterocycles. The molecule has 1 atom stereocenters. The van der Waals surface area contributed by atoms with E-state index in [9.17, 15) is 14.9 Å².